The monoisotopic (exact) mass is 263 g/mol. The number of anilines is 1. The van der Waals surface area contributed by atoms with Crippen molar-refractivity contribution in [3.63, 3.8) is 0 Å². The number of aromatic nitrogens is 2. The zero-order chi connectivity index (χ0) is 12.5. The normalized spacial score (nSPS) is 15.4. The van der Waals surface area contributed by atoms with E-state index in [2.05, 4.69) is 10.2 Å². The number of hydrogen-bond acceptors (Lipinski definition) is 3. The average Bonchev–Trinajstić information content (AvgIpc) is 2.71. The summed E-state index contributed by atoms with van der Waals surface area (Å²) in [5.41, 5.74) is 7.35. The van der Waals surface area contributed by atoms with Crippen molar-refractivity contribution in [2.75, 3.05) is 5.73 Å². The number of nitrogens with zero attached hydrogens (tertiary/aromatic N) is 1. The van der Waals surface area contributed by atoms with Crippen LogP contribution in [0.15, 0.2) is 24.3 Å². The Kier molecular flexibility index (Phi) is 2.88. The number of nitrogens with two attached hydrogens (primary N) is 1. The lowest BCUT2D eigenvalue weighted by atomic mass is 9.96. The van der Waals surface area contributed by atoms with Crippen molar-refractivity contribution in [3.8, 4) is 17.0 Å². The number of rotatable bonds is 3. The molecule has 1 aliphatic carbocycles. The van der Waals surface area contributed by atoms with Crippen LogP contribution in [0.5, 0.6) is 5.75 Å². The van der Waals surface area contributed by atoms with Crippen LogP contribution in [0.4, 0.5) is 5.82 Å². The van der Waals surface area contributed by atoms with Gasteiger partial charge in [0.1, 0.15) is 11.6 Å². The van der Waals surface area contributed by atoms with Crippen molar-refractivity contribution < 1.29 is 4.74 Å². The van der Waals surface area contributed by atoms with Gasteiger partial charge in [-0.15, -0.1) is 0 Å². The molecule has 3 rings (SSSR count). The molecule has 1 aromatic heterocycles. The Hall–Kier alpha value is -1.68. The van der Waals surface area contributed by atoms with E-state index >= 15 is 0 Å². The third-order valence-corrected chi connectivity index (χ3v) is 3.41. The van der Waals surface area contributed by atoms with E-state index < -0.39 is 0 Å². The minimum atomic E-state index is 0.324. The SMILES string of the molecule is Nc1cc(-c2cc(Cl)ccc2OC2CCC2)[nH]n1. The first-order valence-corrected chi connectivity index (χ1v) is 6.37. The van der Waals surface area contributed by atoms with Crippen LogP contribution in [0.3, 0.4) is 0 Å². The van der Waals surface area contributed by atoms with Crippen molar-refractivity contribution in [2.24, 2.45) is 0 Å². The molecule has 18 heavy (non-hydrogen) atoms. The summed E-state index contributed by atoms with van der Waals surface area (Å²) in [6, 6.07) is 7.37. The molecule has 5 heteroatoms. The second-order valence-electron chi connectivity index (χ2n) is 4.52. The Morgan fingerprint density at radius 3 is 2.78 bits per heavy atom. The van der Waals surface area contributed by atoms with Gasteiger partial charge >= 0.3 is 0 Å². The van der Waals surface area contributed by atoms with Gasteiger partial charge < -0.3 is 10.5 Å². The molecule has 0 spiro atoms. The van der Waals surface area contributed by atoms with Gasteiger partial charge in [-0.25, -0.2) is 0 Å². The molecule has 0 radical (unpaired) electrons. The van der Waals surface area contributed by atoms with E-state index in [1.807, 2.05) is 18.2 Å². The summed E-state index contributed by atoms with van der Waals surface area (Å²) in [6.07, 6.45) is 3.80. The first-order chi connectivity index (χ1) is 8.72. The Morgan fingerprint density at radius 1 is 1.33 bits per heavy atom. The maximum atomic E-state index is 6.04. The highest BCUT2D eigenvalue weighted by Crippen LogP contribution is 2.35. The molecule has 1 heterocycles. The van der Waals surface area contributed by atoms with Gasteiger partial charge in [0.05, 0.1) is 11.8 Å². The van der Waals surface area contributed by atoms with Crippen molar-refractivity contribution in [1.82, 2.24) is 10.2 Å². The lowest BCUT2D eigenvalue weighted by Crippen LogP contribution is -2.24. The highest BCUT2D eigenvalue weighted by atomic mass is 35.5. The molecule has 0 aliphatic heterocycles. The topological polar surface area (TPSA) is 63.9 Å². The fourth-order valence-electron chi connectivity index (χ4n) is 1.96. The fraction of sp³-hybridized carbons (Fsp3) is 0.308. The molecule has 0 atom stereocenters. The van der Waals surface area contributed by atoms with Gasteiger partial charge in [0.15, 0.2) is 0 Å². The summed E-state index contributed by atoms with van der Waals surface area (Å²) in [4.78, 5) is 0. The van der Waals surface area contributed by atoms with E-state index in [9.17, 15) is 0 Å². The zero-order valence-electron chi connectivity index (χ0n) is 9.82. The molecular formula is C13H14ClN3O. The zero-order valence-corrected chi connectivity index (χ0v) is 10.6. The van der Waals surface area contributed by atoms with E-state index in [0.717, 1.165) is 29.8 Å². The number of H-pyrrole nitrogens is 1. The van der Waals surface area contributed by atoms with Gasteiger partial charge in [-0.1, -0.05) is 11.6 Å². The van der Waals surface area contributed by atoms with Gasteiger partial charge in [-0.05, 0) is 37.5 Å². The van der Waals surface area contributed by atoms with Gasteiger partial charge in [0, 0.05) is 16.7 Å². The quantitative estimate of drug-likeness (QED) is 0.893. The van der Waals surface area contributed by atoms with Crippen molar-refractivity contribution in [2.45, 2.75) is 25.4 Å². The molecule has 94 valence electrons. The van der Waals surface area contributed by atoms with Crippen LogP contribution in [-0.4, -0.2) is 16.3 Å². The van der Waals surface area contributed by atoms with Crippen molar-refractivity contribution in [1.29, 1.82) is 0 Å². The molecule has 0 bridgehead atoms. The summed E-state index contributed by atoms with van der Waals surface area (Å²) >= 11 is 6.04. The number of nitrogen functional groups attached to an aromatic ring is 1. The molecule has 0 amide bonds. The van der Waals surface area contributed by atoms with E-state index in [1.54, 1.807) is 6.07 Å². The van der Waals surface area contributed by atoms with Crippen LogP contribution in [0.25, 0.3) is 11.3 Å². The standard InChI is InChI=1S/C13H14ClN3O/c14-8-4-5-12(18-9-2-1-3-9)10(6-8)11-7-13(15)17-16-11/h4-7,9H,1-3H2,(H3,15,16,17). The highest BCUT2D eigenvalue weighted by molar-refractivity contribution is 6.30. The second kappa shape index (κ2) is 4.53. The van der Waals surface area contributed by atoms with E-state index in [-0.39, 0.29) is 0 Å². The summed E-state index contributed by atoms with van der Waals surface area (Å²) in [6.45, 7) is 0. The summed E-state index contributed by atoms with van der Waals surface area (Å²) in [5.74, 6) is 1.28. The van der Waals surface area contributed by atoms with Gasteiger partial charge in [0.25, 0.3) is 0 Å². The number of hydrogen-bond donors (Lipinski definition) is 2. The van der Waals surface area contributed by atoms with E-state index in [4.69, 9.17) is 22.1 Å². The molecule has 3 N–H and O–H groups in total. The Bertz CT molecular complexity index is 563. The molecule has 4 nitrogen and oxygen atoms in total. The van der Waals surface area contributed by atoms with Gasteiger partial charge in [0.2, 0.25) is 0 Å². The molecule has 0 saturated heterocycles. The van der Waals surface area contributed by atoms with Gasteiger partial charge in [-0.2, -0.15) is 5.10 Å². The third kappa shape index (κ3) is 2.16. The smallest absolute Gasteiger partial charge is 0.145 e. The minimum absolute atomic E-state index is 0.324. The van der Waals surface area contributed by atoms with E-state index in [1.165, 1.54) is 6.42 Å². The number of nitrogens with one attached hydrogen (secondary N) is 1. The number of halogens is 1. The molecule has 0 unspecified atom stereocenters. The molecule has 1 fully saturated rings. The first-order valence-electron chi connectivity index (χ1n) is 6.00. The predicted molar refractivity (Wildman–Crippen MR) is 71.7 cm³/mol. The van der Waals surface area contributed by atoms with E-state index in [0.29, 0.717) is 16.9 Å². The van der Waals surface area contributed by atoms with Crippen LogP contribution >= 0.6 is 11.6 Å². The average molecular weight is 264 g/mol. The van der Waals surface area contributed by atoms with Crippen LogP contribution in [0, 0.1) is 0 Å². The molecule has 1 aliphatic rings. The number of benzene rings is 1. The maximum absolute atomic E-state index is 6.04. The lowest BCUT2D eigenvalue weighted by molar-refractivity contribution is 0.121. The molecule has 1 saturated carbocycles. The van der Waals surface area contributed by atoms with Crippen molar-refractivity contribution >= 4 is 17.4 Å². The first kappa shape index (κ1) is 11.4. The van der Waals surface area contributed by atoms with Crippen molar-refractivity contribution in [3.05, 3.63) is 29.3 Å². The Labute approximate surface area is 110 Å². The Balaban J connectivity index is 1.96. The highest BCUT2D eigenvalue weighted by Gasteiger charge is 2.21. The molecule has 1 aromatic carbocycles. The summed E-state index contributed by atoms with van der Waals surface area (Å²) < 4.78 is 5.95. The fourth-order valence-corrected chi connectivity index (χ4v) is 2.13. The largest absolute Gasteiger partial charge is 0.490 e. The van der Waals surface area contributed by atoms with Gasteiger partial charge in [-0.3, -0.25) is 5.10 Å². The summed E-state index contributed by atoms with van der Waals surface area (Å²) in [7, 11) is 0. The lowest BCUT2D eigenvalue weighted by Gasteiger charge is -2.27. The predicted octanol–water partition coefficient (Wildman–Crippen LogP) is 3.24. The molecular weight excluding hydrogens is 250 g/mol. The van der Waals surface area contributed by atoms with Crippen LogP contribution in [0.1, 0.15) is 19.3 Å². The summed E-state index contributed by atoms with van der Waals surface area (Å²) in [5, 5.41) is 7.48. The molecule has 2 aromatic rings. The van der Waals surface area contributed by atoms with Crippen LogP contribution in [0.2, 0.25) is 5.02 Å². The second-order valence-corrected chi connectivity index (χ2v) is 4.95. The number of ether oxygens (including phenoxy) is 1. The van der Waals surface area contributed by atoms with Crippen LogP contribution in [-0.2, 0) is 0 Å². The minimum Gasteiger partial charge on any atom is -0.490 e. The maximum Gasteiger partial charge on any atom is 0.145 e. The number of aromatic amines is 1. The third-order valence-electron chi connectivity index (χ3n) is 3.18. The van der Waals surface area contributed by atoms with Crippen LogP contribution < -0.4 is 10.5 Å². The Morgan fingerprint density at radius 2 is 2.17 bits per heavy atom.